The first-order valence-electron chi connectivity index (χ1n) is 6.18. The molecule has 0 radical (unpaired) electrons. The summed E-state index contributed by atoms with van der Waals surface area (Å²) in [6, 6.07) is -2.92. The molecule has 0 aromatic carbocycles. The molecule has 0 unspecified atom stereocenters. The van der Waals surface area contributed by atoms with E-state index in [9.17, 15) is 19.2 Å². The molecule has 0 fully saturated rings. The average Bonchev–Trinajstić information content (AvgIpc) is 2.40. The SMILES string of the molecule is CCNNN=N[C@@H](CC(=O)O)C(=O)N[C@@H](CC(=O)O)C(N)=O. The van der Waals surface area contributed by atoms with Crippen LogP contribution in [0.3, 0.4) is 0 Å². The fourth-order valence-electron chi connectivity index (χ4n) is 1.23. The fourth-order valence-corrected chi connectivity index (χ4v) is 1.23. The van der Waals surface area contributed by atoms with Crippen molar-refractivity contribution in [2.45, 2.75) is 31.8 Å². The van der Waals surface area contributed by atoms with Crippen LogP contribution in [0.2, 0.25) is 0 Å². The maximum atomic E-state index is 11.9. The maximum absolute atomic E-state index is 11.9. The van der Waals surface area contributed by atoms with Gasteiger partial charge in [-0.3, -0.25) is 19.2 Å². The van der Waals surface area contributed by atoms with E-state index in [0.29, 0.717) is 6.54 Å². The van der Waals surface area contributed by atoms with Gasteiger partial charge in [-0.05, 0) is 0 Å². The van der Waals surface area contributed by atoms with Crippen LogP contribution in [0.4, 0.5) is 0 Å². The van der Waals surface area contributed by atoms with Gasteiger partial charge in [-0.25, -0.2) is 11.0 Å². The molecule has 0 bridgehead atoms. The van der Waals surface area contributed by atoms with Gasteiger partial charge in [0, 0.05) is 6.54 Å². The quantitative estimate of drug-likeness (QED) is 0.139. The van der Waals surface area contributed by atoms with Crippen molar-refractivity contribution < 1.29 is 29.4 Å². The van der Waals surface area contributed by atoms with Crippen molar-refractivity contribution in [2.75, 3.05) is 6.54 Å². The van der Waals surface area contributed by atoms with E-state index in [4.69, 9.17) is 15.9 Å². The lowest BCUT2D eigenvalue weighted by molar-refractivity contribution is -0.142. The van der Waals surface area contributed by atoms with Crippen LogP contribution in [-0.4, -0.2) is 52.6 Å². The van der Waals surface area contributed by atoms with Gasteiger partial charge in [0.2, 0.25) is 11.8 Å². The molecule has 0 rings (SSSR count). The summed E-state index contributed by atoms with van der Waals surface area (Å²) < 4.78 is 0. The van der Waals surface area contributed by atoms with Crippen molar-refractivity contribution >= 4 is 23.8 Å². The monoisotopic (exact) mass is 318 g/mol. The minimum absolute atomic E-state index is 0.497. The van der Waals surface area contributed by atoms with E-state index in [2.05, 4.69) is 21.3 Å². The van der Waals surface area contributed by atoms with Gasteiger partial charge < -0.3 is 21.3 Å². The van der Waals surface area contributed by atoms with E-state index in [-0.39, 0.29) is 0 Å². The highest BCUT2D eigenvalue weighted by Crippen LogP contribution is 2.02. The Morgan fingerprint density at radius 3 is 2.18 bits per heavy atom. The Labute approximate surface area is 125 Å². The number of nitrogens with zero attached hydrogens (tertiary/aromatic N) is 2. The number of carbonyl (C=O) groups is 4. The number of rotatable bonds is 11. The number of primary amides is 1. The van der Waals surface area contributed by atoms with Gasteiger partial charge in [-0.1, -0.05) is 12.1 Å². The second kappa shape index (κ2) is 10.0. The fraction of sp³-hybridized carbons (Fsp3) is 0.600. The third kappa shape index (κ3) is 8.42. The number of nitrogens with one attached hydrogen (secondary N) is 3. The van der Waals surface area contributed by atoms with Gasteiger partial charge in [0.1, 0.15) is 6.04 Å². The minimum Gasteiger partial charge on any atom is -0.481 e. The number of carbonyl (C=O) groups excluding carboxylic acids is 2. The van der Waals surface area contributed by atoms with E-state index in [1.807, 2.05) is 5.32 Å². The molecule has 12 heteroatoms. The van der Waals surface area contributed by atoms with Crippen molar-refractivity contribution in [3.63, 3.8) is 0 Å². The third-order valence-electron chi connectivity index (χ3n) is 2.21. The summed E-state index contributed by atoms with van der Waals surface area (Å²) in [5.41, 5.74) is 9.76. The molecule has 0 saturated heterocycles. The first-order valence-corrected chi connectivity index (χ1v) is 6.18. The second-order valence-corrected chi connectivity index (χ2v) is 4.03. The molecule has 0 aromatic heterocycles. The molecule has 0 aliphatic rings. The van der Waals surface area contributed by atoms with Gasteiger partial charge in [0.15, 0.2) is 6.04 Å². The maximum Gasteiger partial charge on any atom is 0.306 e. The van der Waals surface area contributed by atoms with Crippen LogP contribution in [0, 0.1) is 0 Å². The number of carboxylic acid groups (broad SMARTS) is 2. The van der Waals surface area contributed by atoms with Crippen molar-refractivity contribution in [1.29, 1.82) is 0 Å². The zero-order chi connectivity index (χ0) is 17.1. The summed E-state index contributed by atoms with van der Waals surface area (Å²) >= 11 is 0. The average molecular weight is 318 g/mol. The first-order chi connectivity index (χ1) is 10.3. The highest BCUT2D eigenvalue weighted by atomic mass is 16.4. The lowest BCUT2D eigenvalue weighted by atomic mass is 10.1. The summed E-state index contributed by atoms with van der Waals surface area (Å²) in [4.78, 5) is 44.2. The summed E-state index contributed by atoms with van der Waals surface area (Å²) in [5.74, 6) is -4.72. The Hall–Kier alpha value is -2.76. The van der Waals surface area contributed by atoms with Crippen LogP contribution in [-0.2, 0) is 19.2 Å². The summed E-state index contributed by atoms with van der Waals surface area (Å²) in [6.45, 7) is 2.25. The molecule has 0 saturated carbocycles. The Morgan fingerprint density at radius 2 is 1.73 bits per heavy atom. The normalized spacial score (nSPS) is 13.3. The molecule has 124 valence electrons. The number of hydrogen-bond acceptors (Lipinski definition) is 7. The number of hydrogen-bond donors (Lipinski definition) is 6. The predicted molar refractivity (Wildman–Crippen MR) is 71.1 cm³/mol. The van der Waals surface area contributed by atoms with Gasteiger partial charge >= 0.3 is 11.9 Å². The zero-order valence-corrected chi connectivity index (χ0v) is 11.8. The van der Waals surface area contributed by atoms with Crippen molar-refractivity contribution in [2.24, 2.45) is 16.1 Å². The van der Waals surface area contributed by atoms with Crippen LogP contribution in [0.5, 0.6) is 0 Å². The topological polar surface area (TPSA) is 196 Å². The Bertz CT molecular complexity index is 453. The third-order valence-corrected chi connectivity index (χ3v) is 2.21. The van der Waals surface area contributed by atoms with E-state index in [0.717, 1.165) is 0 Å². The number of aliphatic carboxylic acids is 2. The van der Waals surface area contributed by atoms with Gasteiger partial charge in [0.05, 0.1) is 12.8 Å². The van der Waals surface area contributed by atoms with Gasteiger partial charge in [-0.15, -0.1) is 0 Å². The molecule has 0 aromatic rings. The molecule has 12 nitrogen and oxygen atoms in total. The standard InChI is InChI=1S/C10H18N6O6/c1-2-12-15-16-14-6(4-8(19)20)10(22)13-5(9(11)21)3-7(17)18/h5-6H,2-4H2,1H3,(H2,11,21)(H,12,16)(H,13,22)(H,14,15)(H,17,18)(H,19,20)/t5-,6-/m0/s1. The van der Waals surface area contributed by atoms with E-state index >= 15 is 0 Å². The smallest absolute Gasteiger partial charge is 0.306 e. The van der Waals surface area contributed by atoms with E-state index in [1.54, 1.807) is 6.92 Å². The van der Waals surface area contributed by atoms with Gasteiger partial charge in [0.25, 0.3) is 0 Å². The Balaban J connectivity index is 4.85. The van der Waals surface area contributed by atoms with Gasteiger partial charge in [-0.2, -0.15) is 5.11 Å². The Morgan fingerprint density at radius 1 is 1.14 bits per heavy atom. The van der Waals surface area contributed by atoms with Crippen LogP contribution < -0.4 is 22.0 Å². The van der Waals surface area contributed by atoms with E-state index < -0.39 is 48.7 Å². The summed E-state index contributed by atoms with van der Waals surface area (Å²) in [7, 11) is 0. The molecule has 0 aliphatic carbocycles. The van der Waals surface area contributed by atoms with Crippen LogP contribution in [0.1, 0.15) is 19.8 Å². The highest BCUT2D eigenvalue weighted by Gasteiger charge is 2.27. The molecule has 0 heterocycles. The molecule has 22 heavy (non-hydrogen) atoms. The lowest BCUT2D eigenvalue weighted by Crippen LogP contribution is -2.49. The zero-order valence-electron chi connectivity index (χ0n) is 11.8. The molecular formula is C10H18N6O6. The van der Waals surface area contributed by atoms with Crippen molar-refractivity contribution in [1.82, 2.24) is 16.3 Å². The Kier molecular flexibility index (Phi) is 8.78. The second-order valence-electron chi connectivity index (χ2n) is 4.03. The summed E-state index contributed by atoms with van der Waals surface area (Å²) in [5, 5.41) is 26.2. The van der Waals surface area contributed by atoms with Crippen LogP contribution >= 0.6 is 0 Å². The minimum atomic E-state index is -1.47. The summed E-state index contributed by atoms with van der Waals surface area (Å²) in [6.07, 6.45) is -1.42. The molecule has 0 spiro atoms. The lowest BCUT2D eigenvalue weighted by Gasteiger charge is -2.15. The molecular weight excluding hydrogens is 300 g/mol. The van der Waals surface area contributed by atoms with Crippen LogP contribution in [0.25, 0.3) is 0 Å². The molecule has 0 aliphatic heterocycles. The number of hydrazine groups is 1. The number of amides is 2. The predicted octanol–water partition coefficient (Wildman–Crippen LogP) is -2.24. The molecule has 2 atom stereocenters. The largest absolute Gasteiger partial charge is 0.481 e. The van der Waals surface area contributed by atoms with E-state index in [1.165, 1.54) is 0 Å². The highest BCUT2D eigenvalue weighted by molar-refractivity contribution is 5.92. The number of nitrogens with two attached hydrogens (primary N) is 1. The molecule has 7 N–H and O–H groups in total. The van der Waals surface area contributed by atoms with Crippen LogP contribution in [0.15, 0.2) is 10.3 Å². The number of carboxylic acids is 2. The molecule has 2 amide bonds. The van der Waals surface area contributed by atoms with Crippen molar-refractivity contribution in [3.8, 4) is 0 Å². The van der Waals surface area contributed by atoms with Crippen molar-refractivity contribution in [3.05, 3.63) is 0 Å². The first kappa shape index (κ1) is 19.2.